The average molecular weight is 2380 g/mol. The molecule has 27 rings (SSSR count). The molecule has 0 atom stereocenters. The molecule has 0 saturated carbocycles. The molecule has 0 aliphatic heterocycles. The molecule has 0 aliphatic rings. The maximum Gasteiger partial charge on any atom is 2.00 e. The standard InChI is InChI=1S/3C38H21N3OS2.3Pt/c1-2-9-35-32(8-1)40-38(42-35)26-12-15-29-30-21-25(36-10-4-18-43-36)14-17-33(30)41(34(29)22-26)28-7-3-6-24(20-28)31-16-13-27(23-39-31)37-11-5-19-44-37;1-2-12-35-32(11-1)40-38(42-35)30-23-34-28(22-29(30)37-14-7-19-44-37)27-21-25(36-13-6-18-43-36)15-16-33(27)41(34)26-9-5-8-24(20-26)31-10-3-4-17-39-31;1-2-9-35-31(8-1)40-38(42-35)26-13-15-27-29-21-25(36-10-5-19-43-36)14-17-32(29)41(33(27)23-26)34-22-24(30-7-3-4-18-39-30)12-16-28(34)37-11-6-20-44-37;;;/h1-19,21,23H;1-19,21-22H;1-21H;;;/q3*-2;3*+2. The largest absolute Gasteiger partial charge is 2.00 e. The summed E-state index contributed by atoms with van der Waals surface area (Å²) < 4.78 is 25.4. The monoisotopic (exact) mass is 2380 g/mol. The van der Waals surface area contributed by atoms with Crippen LogP contribution in [-0.4, -0.2) is 43.6 Å². The van der Waals surface area contributed by atoms with E-state index in [1.807, 2.05) is 134 Å². The van der Waals surface area contributed by atoms with Gasteiger partial charge in [0.15, 0.2) is 0 Å². The Morgan fingerprint density at radius 3 is 1.10 bits per heavy atom. The SMILES string of the molecule is [Pt+2].[Pt+2].[Pt+2].[c-]1c(-c2ccc(-c3cccs3)cn2)cccc1-n1c2[c-]c(-c3nc4ccccc4o3)ccc2c2cc(-c3cccs3)ccc21.[c-]1c(-c2ccccn2)ccc(-c2cccs2)c1-n1c2[c-]c(-c3nc4ccccc4o3)ccc2c2cc(-c3cccs3)ccc21.[c-]1c(-c2ccccn2)cccc1-n1c2[c-]c(-c3nc4ccccc4o3)c(-c3cccs3)cc2c2cc(-c3cccs3)ccc21. The predicted molar refractivity (Wildman–Crippen MR) is 544 cm³/mol. The van der Waals surface area contributed by atoms with E-state index in [1.165, 1.54) is 41.1 Å². The first-order valence-electron chi connectivity index (χ1n) is 42.7. The molecule has 12 aromatic carbocycles. The second kappa shape index (κ2) is 37.2. The van der Waals surface area contributed by atoms with Crippen LogP contribution in [0, 0.1) is 36.4 Å². The molecule has 0 amide bonds. The summed E-state index contributed by atoms with van der Waals surface area (Å²) in [6.45, 7) is 0. The van der Waals surface area contributed by atoms with E-state index in [4.69, 9.17) is 33.2 Å². The van der Waals surface area contributed by atoms with Crippen molar-refractivity contribution in [3.05, 3.63) is 415 Å². The molecule has 15 aromatic heterocycles. The van der Waals surface area contributed by atoms with Gasteiger partial charge in [0.05, 0.1) is 16.6 Å². The van der Waals surface area contributed by atoms with Crippen molar-refractivity contribution in [3.8, 4) is 148 Å². The summed E-state index contributed by atoms with van der Waals surface area (Å²) in [4.78, 5) is 35.7. The van der Waals surface area contributed by atoms with Gasteiger partial charge in [-0.2, -0.15) is 22.7 Å². The van der Waals surface area contributed by atoms with Crippen LogP contribution in [0.4, 0.5) is 0 Å². The molecule has 135 heavy (non-hydrogen) atoms. The Balaban J connectivity index is 0.000000116. The van der Waals surface area contributed by atoms with Crippen LogP contribution in [0.25, 0.3) is 247 Å². The first-order valence-corrected chi connectivity index (χ1v) is 47.9. The Morgan fingerprint density at radius 1 is 0.252 bits per heavy atom. The van der Waals surface area contributed by atoms with Gasteiger partial charge < -0.3 is 41.9 Å². The van der Waals surface area contributed by atoms with Crippen molar-refractivity contribution in [3.63, 3.8) is 0 Å². The third-order valence-corrected chi connectivity index (χ3v) is 29.1. The van der Waals surface area contributed by atoms with Crippen LogP contribution >= 0.6 is 68.0 Å². The van der Waals surface area contributed by atoms with E-state index in [1.54, 1.807) is 68.0 Å². The maximum absolute atomic E-state index is 6.34. The molecule has 648 valence electrons. The third kappa shape index (κ3) is 16.3. The summed E-state index contributed by atoms with van der Waals surface area (Å²) in [5.41, 5.74) is 28.3. The molecule has 0 N–H and O–H groups in total. The van der Waals surface area contributed by atoms with Gasteiger partial charge in [0.1, 0.15) is 34.4 Å². The van der Waals surface area contributed by atoms with Crippen LogP contribution < -0.4 is 0 Å². The van der Waals surface area contributed by atoms with Gasteiger partial charge in [-0.15, -0.1) is 177 Å². The molecular weight excluding hydrogens is 2320 g/mol. The minimum atomic E-state index is 0. The van der Waals surface area contributed by atoms with E-state index in [0.717, 1.165) is 188 Å². The number of hydrogen-bond donors (Lipinski definition) is 0. The number of nitrogens with zero attached hydrogens (tertiary/aromatic N) is 9. The smallest absolute Gasteiger partial charge is 0.481 e. The Labute approximate surface area is 841 Å². The first kappa shape index (κ1) is 86.6. The first-order chi connectivity index (χ1) is 65.4. The molecule has 0 bridgehead atoms. The van der Waals surface area contributed by atoms with Gasteiger partial charge in [-0.05, 0) is 217 Å². The van der Waals surface area contributed by atoms with Gasteiger partial charge in [0.25, 0.3) is 0 Å². The van der Waals surface area contributed by atoms with Crippen LogP contribution in [0.15, 0.2) is 392 Å². The van der Waals surface area contributed by atoms with E-state index in [-0.39, 0.29) is 63.2 Å². The van der Waals surface area contributed by atoms with Crippen molar-refractivity contribution in [2.24, 2.45) is 0 Å². The van der Waals surface area contributed by atoms with E-state index >= 15 is 0 Å². The number of oxazole rings is 3. The molecule has 0 radical (unpaired) electrons. The molecule has 0 spiro atoms. The van der Waals surface area contributed by atoms with Crippen LogP contribution in [0.1, 0.15) is 0 Å². The number of hydrogen-bond acceptors (Lipinski definition) is 15. The fraction of sp³-hybridized carbons (Fsp3) is 0. The zero-order chi connectivity index (χ0) is 87.1. The molecule has 0 saturated heterocycles. The van der Waals surface area contributed by atoms with Crippen molar-refractivity contribution in [2.75, 3.05) is 0 Å². The fourth-order valence-corrected chi connectivity index (χ4v) is 21.9. The molecule has 0 fully saturated rings. The van der Waals surface area contributed by atoms with Crippen LogP contribution in [0.3, 0.4) is 0 Å². The number of benzene rings is 12. The summed E-state index contributed by atoms with van der Waals surface area (Å²) in [7, 11) is 0. The van der Waals surface area contributed by atoms with Gasteiger partial charge >= 0.3 is 63.2 Å². The molecular formula is C114H63N9O3Pt3S6. The fourth-order valence-electron chi connectivity index (χ4n) is 17.5. The third-order valence-electron chi connectivity index (χ3n) is 23.6. The number of para-hydroxylation sites is 6. The Bertz CT molecular complexity index is 8880. The Kier molecular flexibility index (Phi) is 23.9. The van der Waals surface area contributed by atoms with E-state index in [9.17, 15) is 0 Å². The molecule has 27 aromatic rings. The summed E-state index contributed by atoms with van der Waals surface area (Å²) in [6.07, 6.45) is 5.58. The number of aromatic nitrogens is 9. The van der Waals surface area contributed by atoms with Crippen LogP contribution in [0.5, 0.6) is 0 Å². The number of rotatable bonds is 15. The van der Waals surface area contributed by atoms with Crippen molar-refractivity contribution in [1.82, 2.24) is 43.6 Å². The molecule has 15 heterocycles. The van der Waals surface area contributed by atoms with Crippen LogP contribution in [0.2, 0.25) is 0 Å². The Morgan fingerprint density at radius 2 is 0.644 bits per heavy atom. The van der Waals surface area contributed by atoms with E-state index in [0.29, 0.717) is 17.7 Å². The zero-order valence-electron chi connectivity index (χ0n) is 70.5. The van der Waals surface area contributed by atoms with E-state index in [2.05, 4.69) is 305 Å². The second-order valence-electron chi connectivity index (χ2n) is 31.5. The number of pyridine rings is 3. The topological polar surface area (TPSA) is 132 Å². The van der Waals surface area contributed by atoms with Gasteiger partial charge in [0.2, 0.25) is 0 Å². The quantitative estimate of drug-likeness (QED) is 0.0921. The second-order valence-corrected chi connectivity index (χ2v) is 37.2. The summed E-state index contributed by atoms with van der Waals surface area (Å²) in [5.74, 6) is 1.66. The van der Waals surface area contributed by atoms with Gasteiger partial charge in [-0.1, -0.05) is 202 Å². The van der Waals surface area contributed by atoms with Gasteiger partial charge in [0, 0.05) is 60.2 Å². The van der Waals surface area contributed by atoms with E-state index < -0.39 is 0 Å². The number of thiophene rings is 6. The average Bonchev–Trinajstić information content (AvgIpc) is 1.61. The predicted octanol–water partition coefficient (Wildman–Crippen LogP) is 32.1. The molecule has 0 aliphatic carbocycles. The van der Waals surface area contributed by atoms with Gasteiger partial charge in [-0.3, -0.25) is 15.0 Å². The van der Waals surface area contributed by atoms with Crippen molar-refractivity contribution in [1.29, 1.82) is 0 Å². The van der Waals surface area contributed by atoms with Crippen LogP contribution in [-0.2, 0) is 63.2 Å². The number of fused-ring (bicyclic) bond motifs is 12. The zero-order valence-corrected chi connectivity index (χ0v) is 82.2. The summed E-state index contributed by atoms with van der Waals surface area (Å²) in [5, 5.41) is 19.4. The Hall–Kier alpha value is -13.8. The minimum absolute atomic E-state index is 0. The normalized spacial score (nSPS) is 11.4. The van der Waals surface area contributed by atoms with Gasteiger partial charge in [-0.25, -0.2) is 0 Å². The summed E-state index contributed by atoms with van der Waals surface area (Å²) >= 11 is 10.4. The molecule has 0 unspecified atom stereocenters. The summed E-state index contributed by atoms with van der Waals surface area (Å²) in [6, 6.07) is 135. The van der Waals surface area contributed by atoms with Crippen molar-refractivity contribution in [2.45, 2.75) is 0 Å². The minimum Gasteiger partial charge on any atom is -0.481 e. The maximum atomic E-state index is 6.34. The molecule has 12 nitrogen and oxygen atoms in total. The molecule has 21 heteroatoms. The van der Waals surface area contributed by atoms with Crippen molar-refractivity contribution < 1.29 is 76.4 Å². The van der Waals surface area contributed by atoms with Crippen molar-refractivity contribution >= 4 is 167 Å².